The Hall–Kier alpha value is -2.16. The third-order valence-corrected chi connectivity index (χ3v) is 3.88. The van der Waals surface area contributed by atoms with Crippen LogP contribution in [-0.2, 0) is 13.0 Å². The van der Waals surface area contributed by atoms with Crippen LogP contribution in [0.5, 0.6) is 5.75 Å². The van der Waals surface area contributed by atoms with Crippen LogP contribution in [0.4, 0.5) is 11.4 Å². The number of anilines is 2. The molecule has 0 saturated heterocycles. The summed E-state index contributed by atoms with van der Waals surface area (Å²) < 4.78 is 5.79. The van der Waals surface area contributed by atoms with Crippen molar-refractivity contribution < 1.29 is 4.74 Å². The average Bonchev–Trinajstić information content (AvgIpc) is 2.48. The third-order valence-electron chi connectivity index (χ3n) is 3.88. The molecule has 2 aromatic rings. The first-order valence-electron chi connectivity index (χ1n) is 7.52. The maximum absolute atomic E-state index is 6.32. The van der Waals surface area contributed by atoms with Gasteiger partial charge in [0.15, 0.2) is 0 Å². The van der Waals surface area contributed by atoms with Crippen molar-refractivity contribution in [3.63, 3.8) is 0 Å². The van der Waals surface area contributed by atoms with E-state index in [2.05, 4.69) is 35.2 Å². The van der Waals surface area contributed by atoms with Crippen LogP contribution in [0.1, 0.15) is 25.0 Å². The van der Waals surface area contributed by atoms with Crippen LogP contribution in [0.15, 0.2) is 42.5 Å². The molecular weight excluding hydrogens is 260 g/mol. The highest BCUT2D eigenvalue weighted by atomic mass is 16.5. The van der Waals surface area contributed by atoms with E-state index >= 15 is 0 Å². The molecule has 0 atom stereocenters. The van der Waals surface area contributed by atoms with E-state index in [0.29, 0.717) is 0 Å². The fraction of sp³-hybridized carbons (Fsp3) is 0.333. The van der Waals surface area contributed by atoms with Gasteiger partial charge in [0.25, 0.3) is 0 Å². The Bertz CT molecular complexity index is 637. The lowest BCUT2D eigenvalue weighted by molar-refractivity contribution is 0.244. The van der Waals surface area contributed by atoms with Crippen molar-refractivity contribution in [1.29, 1.82) is 0 Å². The van der Waals surface area contributed by atoms with Crippen LogP contribution >= 0.6 is 0 Å². The highest BCUT2D eigenvalue weighted by molar-refractivity contribution is 5.74. The minimum absolute atomic E-state index is 0.129. The van der Waals surface area contributed by atoms with Gasteiger partial charge in [0, 0.05) is 13.1 Å². The second-order valence-corrected chi connectivity index (χ2v) is 5.80. The van der Waals surface area contributed by atoms with E-state index in [1.807, 2.05) is 26.0 Å². The summed E-state index contributed by atoms with van der Waals surface area (Å²) in [5, 5.41) is 0. The molecule has 1 aliphatic rings. The lowest BCUT2D eigenvalue weighted by Gasteiger charge is -2.32. The zero-order valence-electron chi connectivity index (χ0n) is 12.7. The average molecular weight is 282 g/mol. The predicted octanol–water partition coefficient (Wildman–Crippen LogP) is 3.62. The van der Waals surface area contributed by atoms with Gasteiger partial charge in [-0.3, -0.25) is 0 Å². The summed E-state index contributed by atoms with van der Waals surface area (Å²) in [5.41, 5.74) is 11.0. The number of benzene rings is 2. The molecule has 1 heterocycles. The summed E-state index contributed by atoms with van der Waals surface area (Å²) in [6.07, 6.45) is 1.19. The van der Waals surface area contributed by atoms with Crippen LogP contribution < -0.4 is 15.4 Å². The van der Waals surface area contributed by atoms with Gasteiger partial charge in [0.1, 0.15) is 5.75 Å². The summed E-state index contributed by atoms with van der Waals surface area (Å²) in [7, 11) is 0. The Morgan fingerprint density at radius 1 is 1.05 bits per heavy atom. The van der Waals surface area contributed by atoms with Gasteiger partial charge in [-0.1, -0.05) is 30.3 Å². The van der Waals surface area contributed by atoms with Crippen LogP contribution in [0.25, 0.3) is 0 Å². The van der Waals surface area contributed by atoms with Crippen molar-refractivity contribution in [1.82, 2.24) is 0 Å². The Morgan fingerprint density at radius 3 is 2.57 bits per heavy atom. The van der Waals surface area contributed by atoms with Gasteiger partial charge in [-0.15, -0.1) is 0 Å². The molecule has 2 N–H and O–H groups in total. The van der Waals surface area contributed by atoms with Crippen molar-refractivity contribution >= 4 is 11.4 Å². The zero-order valence-corrected chi connectivity index (χ0v) is 12.7. The van der Waals surface area contributed by atoms with E-state index in [1.165, 1.54) is 11.1 Å². The first-order valence-corrected chi connectivity index (χ1v) is 7.52. The van der Waals surface area contributed by atoms with Gasteiger partial charge in [0.2, 0.25) is 0 Å². The molecule has 3 heteroatoms. The summed E-state index contributed by atoms with van der Waals surface area (Å²) in [4.78, 5) is 2.34. The van der Waals surface area contributed by atoms with E-state index in [1.54, 1.807) is 0 Å². The molecule has 110 valence electrons. The molecule has 2 aromatic carbocycles. The number of hydrogen-bond donors (Lipinski definition) is 1. The SMILES string of the molecule is CC(C)Oc1cccc(N2CCc3ccccc3C2)c1N. The molecule has 0 saturated carbocycles. The monoisotopic (exact) mass is 282 g/mol. The summed E-state index contributed by atoms with van der Waals surface area (Å²) in [6.45, 7) is 5.93. The van der Waals surface area contributed by atoms with Crippen molar-refractivity contribution in [2.75, 3.05) is 17.2 Å². The van der Waals surface area contributed by atoms with Gasteiger partial charge in [0.05, 0.1) is 17.5 Å². The van der Waals surface area contributed by atoms with E-state index in [9.17, 15) is 0 Å². The van der Waals surface area contributed by atoms with Gasteiger partial charge in [-0.05, 0) is 43.5 Å². The van der Waals surface area contributed by atoms with E-state index in [-0.39, 0.29) is 6.10 Å². The van der Waals surface area contributed by atoms with Gasteiger partial charge in [-0.25, -0.2) is 0 Å². The molecule has 0 fully saturated rings. The molecule has 21 heavy (non-hydrogen) atoms. The second-order valence-electron chi connectivity index (χ2n) is 5.80. The number of hydrogen-bond acceptors (Lipinski definition) is 3. The summed E-state index contributed by atoms with van der Waals surface area (Å²) in [6, 6.07) is 14.7. The number of fused-ring (bicyclic) bond motifs is 1. The standard InChI is InChI=1S/C18H22N2O/c1-13(2)21-17-9-5-8-16(18(17)19)20-11-10-14-6-3-4-7-15(14)12-20/h3-9,13H,10-12,19H2,1-2H3. The lowest BCUT2D eigenvalue weighted by atomic mass is 9.99. The second kappa shape index (κ2) is 5.68. The van der Waals surface area contributed by atoms with Crippen LogP contribution in [0.3, 0.4) is 0 Å². The van der Waals surface area contributed by atoms with Crippen LogP contribution in [0.2, 0.25) is 0 Å². The predicted molar refractivity (Wildman–Crippen MR) is 87.8 cm³/mol. The number of nitrogens with two attached hydrogens (primary N) is 1. The van der Waals surface area contributed by atoms with Crippen LogP contribution in [0, 0.1) is 0 Å². The molecule has 0 aliphatic carbocycles. The number of rotatable bonds is 3. The van der Waals surface area contributed by atoms with E-state index in [4.69, 9.17) is 10.5 Å². The molecule has 1 aliphatic heterocycles. The van der Waals surface area contributed by atoms with Gasteiger partial charge < -0.3 is 15.4 Å². The molecule has 0 spiro atoms. The largest absolute Gasteiger partial charge is 0.489 e. The zero-order chi connectivity index (χ0) is 14.8. The molecular formula is C18H22N2O. The molecule has 0 unspecified atom stereocenters. The van der Waals surface area contributed by atoms with Gasteiger partial charge in [-0.2, -0.15) is 0 Å². The van der Waals surface area contributed by atoms with E-state index in [0.717, 1.165) is 36.6 Å². The fourth-order valence-electron chi connectivity index (χ4n) is 2.87. The summed E-state index contributed by atoms with van der Waals surface area (Å²) >= 11 is 0. The molecule has 3 nitrogen and oxygen atoms in total. The molecule has 3 rings (SSSR count). The van der Waals surface area contributed by atoms with Crippen molar-refractivity contribution in [2.45, 2.75) is 32.9 Å². The van der Waals surface area contributed by atoms with Gasteiger partial charge >= 0.3 is 0 Å². The van der Waals surface area contributed by atoms with Crippen LogP contribution in [-0.4, -0.2) is 12.6 Å². The Morgan fingerprint density at radius 2 is 1.81 bits per heavy atom. The molecule has 0 amide bonds. The smallest absolute Gasteiger partial charge is 0.144 e. The first-order chi connectivity index (χ1) is 10.1. The Balaban J connectivity index is 1.88. The topological polar surface area (TPSA) is 38.5 Å². The number of ether oxygens (including phenoxy) is 1. The number of nitrogens with zero attached hydrogens (tertiary/aromatic N) is 1. The minimum atomic E-state index is 0.129. The highest BCUT2D eigenvalue weighted by Crippen LogP contribution is 2.35. The fourth-order valence-corrected chi connectivity index (χ4v) is 2.87. The van der Waals surface area contributed by atoms with Crippen molar-refractivity contribution in [3.05, 3.63) is 53.6 Å². The molecule has 0 aromatic heterocycles. The third kappa shape index (κ3) is 2.82. The Labute approximate surface area is 126 Å². The summed E-state index contributed by atoms with van der Waals surface area (Å²) in [5.74, 6) is 0.779. The number of para-hydroxylation sites is 1. The quantitative estimate of drug-likeness (QED) is 0.874. The first kappa shape index (κ1) is 13.8. The minimum Gasteiger partial charge on any atom is -0.489 e. The number of nitrogen functional groups attached to an aromatic ring is 1. The maximum atomic E-state index is 6.32. The Kier molecular flexibility index (Phi) is 3.74. The van der Waals surface area contributed by atoms with Crippen molar-refractivity contribution in [3.8, 4) is 5.75 Å². The van der Waals surface area contributed by atoms with E-state index < -0.39 is 0 Å². The normalized spacial score (nSPS) is 14.1. The lowest BCUT2D eigenvalue weighted by Crippen LogP contribution is -2.31. The van der Waals surface area contributed by atoms with Crippen molar-refractivity contribution in [2.24, 2.45) is 0 Å². The molecule has 0 bridgehead atoms. The maximum Gasteiger partial charge on any atom is 0.144 e. The highest BCUT2D eigenvalue weighted by Gasteiger charge is 2.19. The molecule has 0 radical (unpaired) electrons.